The smallest absolute Gasteiger partial charge is 0.187 e. The van der Waals surface area contributed by atoms with Crippen molar-refractivity contribution in [2.24, 2.45) is 0 Å². The number of pyridine rings is 2. The minimum absolute atomic E-state index is 0.231. The first kappa shape index (κ1) is 35.9. The number of nitrogens with zero attached hydrogens (tertiary/aromatic N) is 3. The number of rotatable bonds is 10. The third-order valence-corrected chi connectivity index (χ3v) is 8.30. The third kappa shape index (κ3) is 8.38. The number of benzene rings is 2. The highest BCUT2D eigenvalue weighted by Gasteiger charge is 2.20. The molecule has 0 aliphatic carbocycles. The molecule has 7 heteroatoms. The van der Waals surface area contributed by atoms with Crippen molar-refractivity contribution >= 4 is 11.4 Å². The van der Waals surface area contributed by atoms with Gasteiger partial charge >= 0.3 is 0 Å². The molecule has 0 atom stereocenters. The Bertz CT molecular complexity index is 1700. The Morgan fingerprint density at radius 2 is 1.13 bits per heavy atom. The summed E-state index contributed by atoms with van der Waals surface area (Å²) in [6.07, 6.45) is 1.50. The summed E-state index contributed by atoms with van der Waals surface area (Å²) >= 11 is 0. The third-order valence-electron chi connectivity index (χ3n) is 8.30. The normalized spacial score (nSPS) is 10.8. The number of hydrogen-bond acceptors (Lipinski definition) is 6. The minimum atomic E-state index is -0.244. The highest BCUT2D eigenvalue weighted by molar-refractivity contribution is 5.99. The van der Waals surface area contributed by atoms with E-state index in [-0.39, 0.29) is 12.3 Å². The van der Waals surface area contributed by atoms with E-state index in [2.05, 4.69) is 39.5 Å². The summed E-state index contributed by atoms with van der Waals surface area (Å²) in [7, 11) is 3.43. The molecule has 0 fully saturated rings. The lowest BCUT2D eigenvalue weighted by molar-refractivity contribution is 0.357. The molecular formula is C39H48N4O3. The Morgan fingerprint density at radius 1 is 0.739 bits per heavy atom. The maximum Gasteiger partial charge on any atom is 0.187 e. The van der Waals surface area contributed by atoms with Crippen LogP contribution in [0.4, 0.5) is 5.69 Å². The second-order valence-electron chi connectivity index (χ2n) is 12.2. The van der Waals surface area contributed by atoms with E-state index in [9.17, 15) is 0 Å². The van der Waals surface area contributed by atoms with E-state index < -0.39 is 0 Å². The molecule has 7 nitrogen and oxygen atoms in total. The second-order valence-corrected chi connectivity index (χ2v) is 12.2. The van der Waals surface area contributed by atoms with E-state index in [0.29, 0.717) is 17.5 Å². The van der Waals surface area contributed by atoms with Gasteiger partial charge < -0.3 is 20.0 Å². The monoisotopic (exact) mass is 620 g/mol. The molecule has 46 heavy (non-hydrogen) atoms. The zero-order valence-corrected chi connectivity index (χ0v) is 29.0. The van der Waals surface area contributed by atoms with Gasteiger partial charge in [-0.15, -0.1) is 0 Å². The van der Waals surface area contributed by atoms with Gasteiger partial charge in [-0.3, -0.25) is 9.97 Å². The van der Waals surface area contributed by atoms with Crippen LogP contribution in [0.3, 0.4) is 0 Å². The van der Waals surface area contributed by atoms with Crippen LogP contribution in [-0.2, 0) is 12.8 Å². The van der Waals surface area contributed by atoms with Crippen molar-refractivity contribution in [1.82, 2.24) is 9.97 Å². The van der Waals surface area contributed by atoms with Gasteiger partial charge in [0.1, 0.15) is 11.5 Å². The Balaban J connectivity index is 0.000000251. The molecule has 0 bridgehead atoms. The molecule has 0 radical (unpaired) electrons. The number of ether oxygens (including phenoxy) is 2. The lowest BCUT2D eigenvalue weighted by Gasteiger charge is -2.19. The van der Waals surface area contributed by atoms with Crippen molar-refractivity contribution < 1.29 is 14.6 Å². The lowest BCUT2D eigenvalue weighted by Crippen LogP contribution is -2.08. The van der Waals surface area contributed by atoms with Crippen LogP contribution >= 0.6 is 0 Å². The van der Waals surface area contributed by atoms with Crippen LogP contribution in [0, 0.1) is 39.7 Å². The highest BCUT2D eigenvalue weighted by Crippen LogP contribution is 2.34. The minimum Gasteiger partial charge on any atom is -0.496 e. The van der Waals surface area contributed by atoms with E-state index in [1.807, 2.05) is 69.3 Å². The van der Waals surface area contributed by atoms with Gasteiger partial charge in [-0.25, -0.2) is 4.85 Å². The Kier molecular flexibility index (Phi) is 12.6. The van der Waals surface area contributed by atoms with Crippen molar-refractivity contribution in [2.75, 3.05) is 20.8 Å². The molecule has 2 heterocycles. The van der Waals surface area contributed by atoms with Gasteiger partial charge in [0.25, 0.3) is 0 Å². The fourth-order valence-electron chi connectivity index (χ4n) is 5.54. The van der Waals surface area contributed by atoms with Gasteiger partial charge in [0.2, 0.25) is 0 Å². The fraction of sp³-hybridized carbons (Fsp3) is 0.385. The Labute approximate surface area is 275 Å². The van der Waals surface area contributed by atoms with Gasteiger partial charge in [-0.05, 0) is 56.2 Å². The quantitative estimate of drug-likeness (QED) is 0.137. The number of nitrogens with one attached hydrogen (secondary N) is 1. The first-order valence-electron chi connectivity index (χ1n) is 15.7. The van der Waals surface area contributed by atoms with Crippen molar-refractivity contribution in [3.05, 3.63) is 122 Å². The zero-order chi connectivity index (χ0) is 34.1. The van der Waals surface area contributed by atoms with Crippen molar-refractivity contribution in [2.45, 2.75) is 80.1 Å². The van der Waals surface area contributed by atoms with Crippen LogP contribution in [0.15, 0.2) is 48.5 Å². The summed E-state index contributed by atoms with van der Waals surface area (Å²) in [5.74, 6) is 2.50. The van der Waals surface area contributed by atoms with Crippen LogP contribution in [0.2, 0.25) is 0 Å². The predicted octanol–water partition coefficient (Wildman–Crippen LogP) is 8.75. The zero-order valence-electron chi connectivity index (χ0n) is 29.0. The number of aliphatic hydroxyl groups is 1. The molecule has 0 saturated heterocycles. The number of aliphatic hydroxyl groups excluding tert-OH is 1. The SMILES string of the molecule is COc1c(C)c(C)nc(C(C)C)c1Cc1ccc(C(=N)CO)cc1.[C-]#[N+]c1ccc(Cc2c(C(C)C)nc(C)c(C)c2OC)cc1. The summed E-state index contributed by atoms with van der Waals surface area (Å²) in [6.45, 7) is 23.5. The summed E-state index contributed by atoms with van der Waals surface area (Å²) in [5, 5.41) is 16.8. The van der Waals surface area contributed by atoms with Crippen molar-refractivity contribution in [3.8, 4) is 11.5 Å². The van der Waals surface area contributed by atoms with Gasteiger partial charge in [-0.2, -0.15) is 0 Å². The molecule has 0 amide bonds. The molecule has 242 valence electrons. The molecule has 2 N–H and O–H groups in total. The van der Waals surface area contributed by atoms with E-state index in [1.165, 1.54) is 0 Å². The molecule has 0 aliphatic rings. The average Bonchev–Trinajstić information content (AvgIpc) is 3.05. The van der Waals surface area contributed by atoms with E-state index >= 15 is 0 Å². The van der Waals surface area contributed by atoms with Crippen LogP contribution in [0.25, 0.3) is 4.85 Å². The molecule has 4 aromatic rings. The molecular weight excluding hydrogens is 572 g/mol. The molecule has 0 unspecified atom stereocenters. The van der Waals surface area contributed by atoms with Crippen molar-refractivity contribution in [3.63, 3.8) is 0 Å². The molecule has 4 rings (SSSR count). The predicted molar refractivity (Wildman–Crippen MR) is 187 cm³/mol. The molecule has 0 aliphatic heterocycles. The Hall–Kier alpha value is -4.54. The topological polar surface area (TPSA) is 92.7 Å². The first-order valence-corrected chi connectivity index (χ1v) is 15.7. The van der Waals surface area contributed by atoms with E-state index in [1.54, 1.807) is 14.2 Å². The highest BCUT2D eigenvalue weighted by atomic mass is 16.5. The number of hydrogen-bond donors (Lipinski definition) is 2. The Morgan fingerprint density at radius 3 is 1.46 bits per heavy atom. The number of aryl methyl sites for hydroxylation is 2. The maximum atomic E-state index is 9.07. The molecule has 2 aromatic heterocycles. The first-order chi connectivity index (χ1) is 21.9. The summed E-state index contributed by atoms with van der Waals surface area (Å²) in [5.41, 5.74) is 12.6. The summed E-state index contributed by atoms with van der Waals surface area (Å²) < 4.78 is 11.4. The van der Waals surface area contributed by atoms with Crippen LogP contribution in [-0.4, -0.2) is 41.6 Å². The van der Waals surface area contributed by atoms with Gasteiger partial charge in [0.15, 0.2) is 5.69 Å². The summed E-state index contributed by atoms with van der Waals surface area (Å²) in [4.78, 5) is 13.0. The van der Waals surface area contributed by atoms with Gasteiger partial charge in [0, 0.05) is 46.5 Å². The fourth-order valence-corrected chi connectivity index (χ4v) is 5.54. The van der Waals surface area contributed by atoms with Gasteiger partial charge in [-0.1, -0.05) is 76.2 Å². The number of methoxy groups -OCH3 is 2. The molecule has 2 aromatic carbocycles. The van der Waals surface area contributed by atoms with Crippen LogP contribution < -0.4 is 9.47 Å². The van der Waals surface area contributed by atoms with E-state index in [4.69, 9.17) is 36.5 Å². The second kappa shape index (κ2) is 16.1. The summed E-state index contributed by atoms with van der Waals surface area (Å²) in [6, 6.07) is 15.5. The average molecular weight is 621 g/mol. The lowest BCUT2D eigenvalue weighted by atomic mass is 9.94. The molecule has 0 saturated carbocycles. The van der Waals surface area contributed by atoms with Crippen LogP contribution in [0.1, 0.15) is 101 Å². The maximum absolute atomic E-state index is 9.07. The van der Waals surface area contributed by atoms with Crippen molar-refractivity contribution in [1.29, 1.82) is 5.41 Å². The standard InChI is InChI=1S/C20H26N2O2.C19H22N2O/c1-12(2)19-17(20(24-5)13(3)14(4)22-19)10-15-6-8-16(9-7-15)18(21)11-23;1-12(2)18-17(19(22-6)13(3)14(4)21-18)11-15-7-9-16(20-5)10-8-15/h6-9,12,21,23H,10-11H2,1-5H3;7-10,12H,11H2,1-4,6H3. The largest absolute Gasteiger partial charge is 0.496 e. The number of aromatic nitrogens is 2. The van der Waals surface area contributed by atoms with Gasteiger partial charge in [0.05, 0.1) is 44.5 Å². The molecule has 0 spiro atoms. The van der Waals surface area contributed by atoms with Crippen LogP contribution in [0.5, 0.6) is 11.5 Å². The van der Waals surface area contributed by atoms with E-state index in [0.717, 1.165) is 86.1 Å².